The minimum absolute atomic E-state index is 0.00579. The Hall–Kier alpha value is -0.610. The van der Waals surface area contributed by atoms with E-state index in [1.54, 1.807) is 6.92 Å². The number of aliphatic hydroxyl groups is 1. The molecule has 0 saturated carbocycles. The zero-order valence-electron chi connectivity index (χ0n) is 8.60. The summed E-state index contributed by atoms with van der Waals surface area (Å²) in [6, 6.07) is 0.371. The predicted octanol–water partition coefficient (Wildman–Crippen LogP) is 0.305. The van der Waals surface area contributed by atoms with E-state index in [0.29, 0.717) is 12.5 Å². The van der Waals surface area contributed by atoms with E-state index in [2.05, 4.69) is 4.90 Å². The average Bonchev–Trinajstić information content (AvgIpc) is 2.39. The Kier molecular flexibility index (Phi) is 2.08. The highest BCUT2D eigenvalue weighted by Crippen LogP contribution is 2.45. The van der Waals surface area contributed by atoms with E-state index in [1.807, 2.05) is 7.05 Å². The van der Waals surface area contributed by atoms with E-state index in [9.17, 15) is 15.0 Å². The van der Waals surface area contributed by atoms with Crippen molar-refractivity contribution in [3.63, 3.8) is 0 Å². The van der Waals surface area contributed by atoms with Gasteiger partial charge in [0.1, 0.15) is 5.41 Å². The first kappa shape index (κ1) is 9.93. The molecule has 2 heterocycles. The Balaban J connectivity index is 2.35. The van der Waals surface area contributed by atoms with Crippen LogP contribution in [0.5, 0.6) is 0 Å². The topological polar surface area (TPSA) is 60.8 Å². The van der Waals surface area contributed by atoms with Gasteiger partial charge in [0.25, 0.3) is 0 Å². The summed E-state index contributed by atoms with van der Waals surface area (Å²) in [5.41, 5.74) is -0.984. The number of nitrogens with zero attached hydrogens (tertiary/aromatic N) is 1. The van der Waals surface area contributed by atoms with E-state index in [0.717, 1.165) is 12.8 Å². The van der Waals surface area contributed by atoms with Crippen molar-refractivity contribution in [2.45, 2.75) is 44.4 Å². The van der Waals surface area contributed by atoms with Crippen molar-refractivity contribution in [2.24, 2.45) is 5.41 Å². The average molecular weight is 199 g/mol. The third kappa shape index (κ3) is 1.04. The zero-order chi connectivity index (χ0) is 10.5. The normalized spacial score (nSPS) is 48.1. The highest BCUT2D eigenvalue weighted by molar-refractivity contribution is 5.76. The molecule has 2 aliphatic heterocycles. The maximum Gasteiger partial charge on any atom is 0.313 e. The van der Waals surface area contributed by atoms with Gasteiger partial charge >= 0.3 is 5.97 Å². The summed E-state index contributed by atoms with van der Waals surface area (Å²) in [5.74, 6) is -0.873. The van der Waals surface area contributed by atoms with Crippen molar-refractivity contribution < 1.29 is 15.0 Å². The van der Waals surface area contributed by atoms with E-state index in [-0.39, 0.29) is 6.04 Å². The van der Waals surface area contributed by atoms with Crippen LogP contribution in [0.15, 0.2) is 0 Å². The Morgan fingerprint density at radius 1 is 1.50 bits per heavy atom. The number of aliphatic carboxylic acids is 1. The second kappa shape index (κ2) is 2.94. The minimum atomic E-state index is -0.984. The highest BCUT2D eigenvalue weighted by atomic mass is 16.4. The Labute approximate surface area is 83.5 Å². The van der Waals surface area contributed by atoms with Crippen LogP contribution in [-0.4, -0.2) is 46.3 Å². The number of carboxylic acids is 1. The third-order valence-corrected chi connectivity index (χ3v) is 4.18. The standard InChI is InChI=1S/C10H17NO3/c1-10(9(13)14)7-4-3-6(11(7)2)5-8(10)12/h6-8,12H,3-5H2,1-2H3,(H,13,14)/t6-,7+,8+,10+/m1/s1. The van der Waals surface area contributed by atoms with Crippen molar-refractivity contribution in [1.82, 2.24) is 4.90 Å². The molecule has 4 atom stereocenters. The number of fused-ring (bicyclic) bond motifs is 2. The largest absolute Gasteiger partial charge is 0.481 e. The molecule has 4 nitrogen and oxygen atoms in total. The van der Waals surface area contributed by atoms with E-state index < -0.39 is 17.5 Å². The molecule has 4 heteroatoms. The summed E-state index contributed by atoms with van der Waals surface area (Å²) < 4.78 is 0. The van der Waals surface area contributed by atoms with Crippen LogP contribution in [0.4, 0.5) is 0 Å². The van der Waals surface area contributed by atoms with Gasteiger partial charge in [-0.3, -0.25) is 9.69 Å². The van der Waals surface area contributed by atoms with Crippen LogP contribution in [0.3, 0.4) is 0 Å². The summed E-state index contributed by atoms with van der Waals surface area (Å²) in [4.78, 5) is 13.4. The summed E-state index contributed by atoms with van der Waals surface area (Å²) in [5, 5.41) is 19.1. The molecule has 2 saturated heterocycles. The molecule has 0 unspecified atom stereocenters. The van der Waals surface area contributed by atoms with Gasteiger partial charge in [0, 0.05) is 12.1 Å². The van der Waals surface area contributed by atoms with Gasteiger partial charge in [0.15, 0.2) is 0 Å². The molecule has 0 amide bonds. The second-order valence-electron chi connectivity index (χ2n) is 4.75. The van der Waals surface area contributed by atoms with Crippen molar-refractivity contribution in [3.05, 3.63) is 0 Å². The maximum absolute atomic E-state index is 11.2. The van der Waals surface area contributed by atoms with E-state index >= 15 is 0 Å². The number of carboxylic acid groups (broad SMARTS) is 1. The monoisotopic (exact) mass is 199 g/mol. The number of aliphatic hydroxyl groups excluding tert-OH is 1. The Bertz CT molecular complexity index is 268. The van der Waals surface area contributed by atoms with E-state index in [4.69, 9.17) is 0 Å². The van der Waals surface area contributed by atoms with Gasteiger partial charge in [0.2, 0.25) is 0 Å². The Morgan fingerprint density at radius 3 is 2.71 bits per heavy atom. The van der Waals surface area contributed by atoms with Crippen LogP contribution < -0.4 is 0 Å². The highest BCUT2D eigenvalue weighted by Gasteiger charge is 2.56. The fourth-order valence-electron chi connectivity index (χ4n) is 3.03. The summed E-state index contributed by atoms with van der Waals surface area (Å²) in [6.45, 7) is 1.67. The van der Waals surface area contributed by atoms with Gasteiger partial charge in [-0.2, -0.15) is 0 Å². The first-order chi connectivity index (χ1) is 6.48. The maximum atomic E-state index is 11.2. The third-order valence-electron chi connectivity index (χ3n) is 4.18. The van der Waals surface area contributed by atoms with Crippen LogP contribution in [0.25, 0.3) is 0 Å². The molecule has 0 aliphatic carbocycles. The molecule has 14 heavy (non-hydrogen) atoms. The van der Waals surface area contributed by atoms with Gasteiger partial charge in [-0.1, -0.05) is 0 Å². The van der Waals surface area contributed by atoms with Gasteiger partial charge in [-0.25, -0.2) is 0 Å². The lowest BCUT2D eigenvalue weighted by molar-refractivity contribution is -0.166. The SMILES string of the molecule is CN1[C@@H]2CC[C@H]1[C@](C)(C(=O)O)[C@@H](O)C2. The van der Waals surface area contributed by atoms with Crippen molar-refractivity contribution in [2.75, 3.05) is 7.05 Å². The van der Waals surface area contributed by atoms with Crippen LogP contribution in [0.1, 0.15) is 26.2 Å². The quantitative estimate of drug-likeness (QED) is 0.638. The van der Waals surface area contributed by atoms with Crippen molar-refractivity contribution in [3.8, 4) is 0 Å². The van der Waals surface area contributed by atoms with E-state index in [1.165, 1.54) is 0 Å². The summed E-state index contributed by atoms with van der Waals surface area (Å²) >= 11 is 0. The molecule has 2 bridgehead atoms. The number of hydrogen-bond acceptors (Lipinski definition) is 3. The number of carbonyl (C=O) groups is 1. The predicted molar refractivity (Wildman–Crippen MR) is 50.9 cm³/mol. The molecular weight excluding hydrogens is 182 g/mol. The molecule has 0 radical (unpaired) electrons. The fourth-order valence-corrected chi connectivity index (χ4v) is 3.03. The zero-order valence-corrected chi connectivity index (χ0v) is 8.60. The van der Waals surface area contributed by atoms with Crippen LogP contribution in [-0.2, 0) is 4.79 Å². The molecule has 2 aliphatic rings. The van der Waals surface area contributed by atoms with Gasteiger partial charge in [-0.15, -0.1) is 0 Å². The molecule has 0 aromatic heterocycles. The minimum Gasteiger partial charge on any atom is -0.481 e. The number of rotatable bonds is 1. The molecular formula is C10H17NO3. The van der Waals surface area contributed by atoms with Gasteiger partial charge < -0.3 is 10.2 Å². The van der Waals surface area contributed by atoms with Gasteiger partial charge in [-0.05, 0) is 33.2 Å². The first-order valence-electron chi connectivity index (χ1n) is 5.11. The van der Waals surface area contributed by atoms with Gasteiger partial charge in [0.05, 0.1) is 6.10 Å². The lowest BCUT2D eigenvalue weighted by Gasteiger charge is -2.45. The smallest absolute Gasteiger partial charge is 0.313 e. The Morgan fingerprint density at radius 2 is 2.14 bits per heavy atom. The first-order valence-corrected chi connectivity index (χ1v) is 5.11. The molecule has 80 valence electrons. The molecule has 2 rings (SSSR count). The number of piperidine rings is 1. The fraction of sp³-hybridized carbons (Fsp3) is 0.900. The molecule has 0 aromatic rings. The molecule has 0 aromatic carbocycles. The van der Waals surface area contributed by atoms with Crippen molar-refractivity contribution >= 4 is 5.97 Å². The summed E-state index contributed by atoms with van der Waals surface area (Å²) in [6.07, 6.45) is 1.80. The lowest BCUT2D eigenvalue weighted by Crippen LogP contribution is -2.59. The lowest BCUT2D eigenvalue weighted by atomic mass is 9.73. The van der Waals surface area contributed by atoms with Crippen LogP contribution in [0.2, 0.25) is 0 Å². The van der Waals surface area contributed by atoms with Crippen LogP contribution >= 0.6 is 0 Å². The molecule has 0 spiro atoms. The van der Waals surface area contributed by atoms with Crippen LogP contribution in [0, 0.1) is 5.41 Å². The molecule has 2 N–H and O–H groups in total. The summed E-state index contributed by atoms with van der Waals surface area (Å²) in [7, 11) is 1.97. The number of hydrogen-bond donors (Lipinski definition) is 2. The second-order valence-corrected chi connectivity index (χ2v) is 4.75. The molecule has 2 fully saturated rings. The van der Waals surface area contributed by atoms with Crippen molar-refractivity contribution in [1.29, 1.82) is 0 Å².